The molecule has 0 saturated heterocycles. The summed E-state index contributed by atoms with van der Waals surface area (Å²) in [5, 5.41) is 55.1. The molecule has 0 fully saturated rings. The molecule has 0 aromatic heterocycles. The predicted octanol–water partition coefficient (Wildman–Crippen LogP) is 3.87. The topological polar surface area (TPSA) is 136 Å². The Morgan fingerprint density at radius 3 is 2.27 bits per heavy atom. The zero-order chi connectivity index (χ0) is 22.4. The van der Waals surface area contributed by atoms with Crippen LogP contribution >= 0.6 is 0 Å². The van der Waals surface area contributed by atoms with Crippen molar-refractivity contribution in [3.05, 3.63) is 57.6 Å². The first kappa shape index (κ1) is 23.4. The first-order valence-corrected chi connectivity index (χ1v) is 9.96. The molecule has 8 nitrogen and oxygen atoms in total. The van der Waals surface area contributed by atoms with Crippen molar-refractivity contribution in [3.8, 4) is 11.5 Å². The van der Waals surface area contributed by atoms with Gasteiger partial charge in [-0.25, -0.2) is 0 Å². The summed E-state index contributed by atoms with van der Waals surface area (Å²) >= 11 is 0. The van der Waals surface area contributed by atoms with Gasteiger partial charge >= 0.3 is 0 Å². The van der Waals surface area contributed by atoms with Gasteiger partial charge in [-0.1, -0.05) is 19.9 Å². The molecule has 0 aliphatic rings. The van der Waals surface area contributed by atoms with Crippen LogP contribution in [0.2, 0.25) is 0 Å². The monoisotopic (exact) mass is 418 g/mol. The number of anilines is 1. The van der Waals surface area contributed by atoms with Crippen LogP contribution in [0.3, 0.4) is 0 Å². The van der Waals surface area contributed by atoms with E-state index < -0.39 is 23.0 Å². The molecule has 30 heavy (non-hydrogen) atoms. The first-order valence-electron chi connectivity index (χ1n) is 9.96. The fraction of sp³-hybridized carbons (Fsp3) is 0.455. The van der Waals surface area contributed by atoms with Crippen LogP contribution in [0.25, 0.3) is 0 Å². The van der Waals surface area contributed by atoms with Crippen molar-refractivity contribution in [2.75, 3.05) is 11.9 Å². The fourth-order valence-corrected chi connectivity index (χ4v) is 3.56. The second-order valence-corrected chi connectivity index (χ2v) is 8.06. The highest BCUT2D eigenvalue weighted by atomic mass is 16.6. The number of nitrogens with zero attached hydrogens (tertiary/aromatic N) is 1. The van der Waals surface area contributed by atoms with Crippen molar-refractivity contribution in [2.24, 2.45) is 11.8 Å². The van der Waals surface area contributed by atoms with Crippen molar-refractivity contribution >= 4 is 11.4 Å². The van der Waals surface area contributed by atoms with Gasteiger partial charge in [-0.05, 0) is 48.9 Å². The molecule has 0 aliphatic heterocycles. The number of nitro benzene ring substituents is 1. The van der Waals surface area contributed by atoms with Gasteiger partial charge in [0.15, 0.2) is 0 Å². The van der Waals surface area contributed by atoms with Gasteiger partial charge in [-0.15, -0.1) is 0 Å². The van der Waals surface area contributed by atoms with E-state index in [1.807, 2.05) is 20.8 Å². The quantitative estimate of drug-likeness (QED) is 0.292. The van der Waals surface area contributed by atoms with E-state index in [-0.39, 0.29) is 23.1 Å². The van der Waals surface area contributed by atoms with Crippen LogP contribution in [0, 0.1) is 28.9 Å². The third-order valence-electron chi connectivity index (χ3n) is 5.10. The summed E-state index contributed by atoms with van der Waals surface area (Å²) in [6, 6.07) is 8.48. The Hall–Kier alpha value is -2.84. The van der Waals surface area contributed by atoms with Crippen LogP contribution in [-0.4, -0.2) is 38.0 Å². The molecule has 0 radical (unpaired) electrons. The molecule has 0 spiro atoms. The highest BCUT2D eigenvalue weighted by Crippen LogP contribution is 2.34. The van der Waals surface area contributed by atoms with Crippen molar-refractivity contribution < 1.29 is 25.3 Å². The van der Waals surface area contributed by atoms with Gasteiger partial charge in [-0.2, -0.15) is 0 Å². The molecule has 2 rings (SSSR count). The van der Waals surface area contributed by atoms with Crippen molar-refractivity contribution in [2.45, 2.75) is 45.8 Å². The number of aliphatic hydroxyl groups is 2. The van der Waals surface area contributed by atoms with Gasteiger partial charge < -0.3 is 25.7 Å². The number of hydrogen-bond acceptors (Lipinski definition) is 7. The van der Waals surface area contributed by atoms with Gasteiger partial charge in [0.05, 0.1) is 17.1 Å². The van der Waals surface area contributed by atoms with Crippen LogP contribution in [0.4, 0.5) is 11.4 Å². The molecular formula is C22H30N2O6. The normalized spacial score (nSPS) is 14.3. The lowest BCUT2D eigenvalue weighted by Crippen LogP contribution is -2.30. The highest BCUT2D eigenvalue weighted by Gasteiger charge is 2.29. The molecule has 2 aromatic carbocycles. The largest absolute Gasteiger partial charge is 0.508 e. The average molecular weight is 418 g/mol. The van der Waals surface area contributed by atoms with Crippen LogP contribution in [0.1, 0.15) is 43.9 Å². The lowest BCUT2D eigenvalue weighted by molar-refractivity contribution is -0.384. The fourth-order valence-electron chi connectivity index (χ4n) is 3.56. The van der Waals surface area contributed by atoms with Crippen LogP contribution in [0.5, 0.6) is 11.5 Å². The first-order chi connectivity index (χ1) is 14.1. The molecule has 0 saturated carbocycles. The number of aliphatic hydroxyl groups excluding tert-OH is 2. The number of aromatic hydroxyl groups is 2. The van der Waals surface area contributed by atoms with E-state index in [9.17, 15) is 30.5 Å². The summed E-state index contributed by atoms with van der Waals surface area (Å²) < 4.78 is 0. The van der Waals surface area contributed by atoms with Gasteiger partial charge in [0, 0.05) is 36.3 Å². The Bertz CT molecular complexity index is 850. The van der Waals surface area contributed by atoms with Crippen LogP contribution < -0.4 is 5.32 Å². The van der Waals surface area contributed by atoms with Crippen molar-refractivity contribution in [1.82, 2.24) is 0 Å². The number of phenolic OH excluding ortho intramolecular Hbond substituents is 2. The Morgan fingerprint density at radius 1 is 1.07 bits per heavy atom. The summed E-state index contributed by atoms with van der Waals surface area (Å²) in [7, 11) is 0. The number of rotatable bonds is 10. The van der Waals surface area contributed by atoms with Gasteiger partial charge in [0.1, 0.15) is 11.5 Å². The summed E-state index contributed by atoms with van der Waals surface area (Å²) in [4.78, 5) is 10.5. The van der Waals surface area contributed by atoms with E-state index in [2.05, 4.69) is 5.32 Å². The van der Waals surface area contributed by atoms with E-state index >= 15 is 0 Å². The van der Waals surface area contributed by atoms with E-state index in [1.165, 1.54) is 30.3 Å². The van der Waals surface area contributed by atoms with E-state index in [0.717, 1.165) is 5.56 Å². The third kappa shape index (κ3) is 6.33. The van der Waals surface area contributed by atoms with Crippen molar-refractivity contribution in [3.63, 3.8) is 0 Å². The Balaban J connectivity index is 2.09. The molecule has 164 valence electrons. The summed E-state index contributed by atoms with van der Waals surface area (Å²) in [5.74, 6) is -0.634. The smallest absolute Gasteiger partial charge is 0.271 e. The Kier molecular flexibility index (Phi) is 8.02. The van der Waals surface area contributed by atoms with E-state index in [1.54, 1.807) is 6.07 Å². The van der Waals surface area contributed by atoms with Crippen LogP contribution in [-0.2, 0) is 0 Å². The Labute approximate surface area is 176 Å². The molecule has 8 heteroatoms. The van der Waals surface area contributed by atoms with E-state index in [4.69, 9.17) is 0 Å². The highest BCUT2D eigenvalue weighted by molar-refractivity contribution is 5.56. The molecule has 0 heterocycles. The molecule has 0 aliphatic carbocycles. The van der Waals surface area contributed by atoms with Gasteiger partial charge in [0.25, 0.3) is 5.69 Å². The number of benzene rings is 2. The maximum Gasteiger partial charge on any atom is 0.271 e. The Morgan fingerprint density at radius 2 is 1.70 bits per heavy atom. The SMILES string of the molecule is Cc1ccc([N+](=O)[O-])cc1NCC[C@@H](O)[C@@H](CC(C)C)[C@@H](O)c1cc(O)cc(O)c1. The second kappa shape index (κ2) is 10.3. The van der Waals surface area contributed by atoms with Crippen molar-refractivity contribution in [1.29, 1.82) is 0 Å². The third-order valence-corrected chi connectivity index (χ3v) is 5.10. The maximum atomic E-state index is 11.0. The maximum absolute atomic E-state index is 11.0. The lowest BCUT2D eigenvalue weighted by Gasteiger charge is -2.30. The zero-order valence-corrected chi connectivity index (χ0v) is 17.4. The number of phenols is 2. The van der Waals surface area contributed by atoms with Gasteiger partial charge in [-0.3, -0.25) is 10.1 Å². The molecule has 0 unspecified atom stereocenters. The minimum absolute atomic E-state index is 0.0135. The average Bonchev–Trinajstić information content (AvgIpc) is 2.65. The molecule has 3 atom stereocenters. The number of non-ortho nitro benzene ring substituents is 1. The number of nitrogens with one attached hydrogen (secondary N) is 1. The minimum Gasteiger partial charge on any atom is -0.508 e. The van der Waals surface area contributed by atoms with Crippen LogP contribution in [0.15, 0.2) is 36.4 Å². The standard InChI is InChI=1S/C22H30N2O6/c1-13(2)8-19(22(28)15-9-17(25)12-18(26)10-15)21(27)6-7-23-20-11-16(24(29)30)5-4-14(20)3/h4-5,9-13,19,21-23,25-28H,6-8H2,1-3H3/t19-,21-,22+/m1/s1. The number of hydrogen-bond donors (Lipinski definition) is 5. The number of nitro groups is 1. The molecule has 0 amide bonds. The summed E-state index contributed by atoms with van der Waals surface area (Å²) in [5.41, 5.74) is 1.79. The molecule has 2 aromatic rings. The summed E-state index contributed by atoms with van der Waals surface area (Å²) in [6.45, 7) is 6.16. The zero-order valence-electron chi connectivity index (χ0n) is 17.4. The molecular weight excluding hydrogens is 388 g/mol. The van der Waals surface area contributed by atoms with E-state index in [0.29, 0.717) is 30.6 Å². The molecule has 0 bridgehead atoms. The minimum atomic E-state index is -1.07. The lowest BCUT2D eigenvalue weighted by atomic mass is 9.83. The van der Waals surface area contributed by atoms with Gasteiger partial charge in [0.2, 0.25) is 0 Å². The predicted molar refractivity (Wildman–Crippen MR) is 115 cm³/mol. The summed E-state index contributed by atoms with van der Waals surface area (Å²) in [6.07, 6.45) is -1.09. The molecule has 5 N–H and O–H groups in total. The number of aryl methyl sites for hydroxylation is 1. The second-order valence-electron chi connectivity index (χ2n) is 8.06.